The average molecular weight is 293 g/mol. The van der Waals surface area contributed by atoms with Crippen LogP contribution in [0, 0.1) is 5.82 Å². The summed E-state index contributed by atoms with van der Waals surface area (Å²) in [4.78, 5) is 4.21. The van der Waals surface area contributed by atoms with Crippen molar-refractivity contribution in [2.45, 2.75) is 39.8 Å². The van der Waals surface area contributed by atoms with Crippen molar-refractivity contribution >= 4 is 0 Å². The lowest BCUT2D eigenvalue weighted by atomic mass is 10.2. The van der Waals surface area contributed by atoms with Gasteiger partial charge in [0.2, 0.25) is 0 Å². The van der Waals surface area contributed by atoms with Gasteiger partial charge >= 0.3 is 0 Å². The predicted octanol–water partition coefficient (Wildman–Crippen LogP) is 3.02. The fraction of sp³-hybridized carbons (Fsp3) is 0.467. The van der Waals surface area contributed by atoms with Crippen LogP contribution in [0.15, 0.2) is 22.7 Å². The van der Waals surface area contributed by atoms with Crippen LogP contribution in [0.5, 0.6) is 5.75 Å². The zero-order valence-electron chi connectivity index (χ0n) is 12.5. The average Bonchev–Trinajstić information content (AvgIpc) is 2.93. The molecule has 0 aliphatic heterocycles. The number of hydrogen-bond acceptors (Lipinski definition) is 5. The fourth-order valence-corrected chi connectivity index (χ4v) is 1.81. The van der Waals surface area contributed by atoms with E-state index in [1.54, 1.807) is 6.07 Å². The van der Waals surface area contributed by atoms with Crippen LogP contribution in [0.25, 0.3) is 0 Å². The second kappa shape index (κ2) is 7.17. The fourth-order valence-electron chi connectivity index (χ4n) is 1.81. The van der Waals surface area contributed by atoms with Gasteiger partial charge in [-0.25, -0.2) is 4.39 Å². The molecule has 1 aromatic carbocycles. The molecule has 0 amide bonds. The number of hydrogen-bond donors (Lipinski definition) is 1. The van der Waals surface area contributed by atoms with Crippen molar-refractivity contribution < 1.29 is 13.7 Å². The Bertz CT molecular complexity index is 584. The summed E-state index contributed by atoms with van der Waals surface area (Å²) in [6.07, 6.45) is 0. The first kappa shape index (κ1) is 15.4. The summed E-state index contributed by atoms with van der Waals surface area (Å²) in [6.45, 7) is 7.34. The standard InChI is InChI=1S/C15H20FN3O2/c1-4-17-8-11-6-5-7-12(16)14(11)20-9-13-18-15(10(2)3)19-21-13/h5-7,10,17H,4,8-9H2,1-3H3. The molecule has 21 heavy (non-hydrogen) atoms. The third-order valence-corrected chi connectivity index (χ3v) is 2.95. The number of ether oxygens (including phenoxy) is 1. The maximum Gasteiger partial charge on any atom is 0.264 e. The summed E-state index contributed by atoms with van der Waals surface area (Å²) in [7, 11) is 0. The highest BCUT2D eigenvalue weighted by molar-refractivity contribution is 5.34. The summed E-state index contributed by atoms with van der Waals surface area (Å²) in [5, 5.41) is 7.00. The molecule has 2 rings (SSSR count). The molecule has 1 aromatic heterocycles. The third-order valence-electron chi connectivity index (χ3n) is 2.95. The van der Waals surface area contributed by atoms with Gasteiger partial charge in [-0.15, -0.1) is 0 Å². The summed E-state index contributed by atoms with van der Waals surface area (Å²) < 4.78 is 24.5. The molecule has 0 bridgehead atoms. The summed E-state index contributed by atoms with van der Waals surface area (Å²) >= 11 is 0. The van der Waals surface area contributed by atoms with Gasteiger partial charge in [-0.05, 0) is 12.6 Å². The van der Waals surface area contributed by atoms with E-state index in [1.807, 2.05) is 26.8 Å². The molecular formula is C15H20FN3O2. The van der Waals surface area contributed by atoms with Crippen molar-refractivity contribution in [3.05, 3.63) is 41.3 Å². The summed E-state index contributed by atoms with van der Waals surface area (Å²) in [5.41, 5.74) is 0.764. The first-order chi connectivity index (χ1) is 10.1. The molecule has 5 nitrogen and oxygen atoms in total. The third kappa shape index (κ3) is 4.01. The summed E-state index contributed by atoms with van der Waals surface area (Å²) in [6, 6.07) is 4.87. The van der Waals surface area contributed by atoms with Gasteiger partial charge in [0.15, 0.2) is 24.0 Å². The van der Waals surface area contributed by atoms with Gasteiger partial charge < -0.3 is 14.6 Å². The van der Waals surface area contributed by atoms with Crippen molar-refractivity contribution in [2.24, 2.45) is 0 Å². The van der Waals surface area contributed by atoms with E-state index in [-0.39, 0.29) is 18.3 Å². The molecule has 0 atom stereocenters. The Morgan fingerprint density at radius 2 is 2.19 bits per heavy atom. The van der Waals surface area contributed by atoms with Crippen LogP contribution in [0.1, 0.15) is 44.0 Å². The van der Waals surface area contributed by atoms with Crippen molar-refractivity contribution in [3.63, 3.8) is 0 Å². The molecule has 2 aromatic rings. The van der Waals surface area contributed by atoms with Crippen molar-refractivity contribution in [1.82, 2.24) is 15.5 Å². The molecule has 114 valence electrons. The second-order valence-corrected chi connectivity index (χ2v) is 5.00. The van der Waals surface area contributed by atoms with Crippen LogP contribution in [0.2, 0.25) is 0 Å². The maximum atomic E-state index is 13.9. The summed E-state index contributed by atoms with van der Waals surface area (Å²) in [5.74, 6) is 0.975. The van der Waals surface area contributed by atoms with Crippen LogP contribution in [0.4, 0.5) is 4.39 Å². The van der Waals surface area contributed by atoms with Gasteiger partial charge in [-0.1, -0.05) is 38.1 Å². The van der Waals surface area contributed by atoms with Crippen LogP contribution in [0.3, 0.4) is 0 Å². The molecule has 0 saturated heterocycles. The van der Waals surface area contributed by atoms with Crippen LogP contribution < -0.4 is 10.1 Å². The Kier molecular flexibility index (Phi) is 5.27. The number of para-hydroxylation sites is 1. The van der Waals surface area contributed by atoms with E-state index in [0.717, 1.165) is 12.1 Å². The van der Waals surface area contributed by atoms with Crippen molar-refractivity contribution in [3.8, 4) is 5.75 Å². The molecule has 0 saturated carbocycles. The first-order valence-electron chi connectivity index (χ1n) is 7.05. The number of halogens is 1. The molecule has 0 radical (unpaired) electrons. The van der Waals surface area contributed by atoms with Gasteiger partial charge in [-0.2, -0.15) is 4.98 Å². The Hall–Kier alpha value is -1.95. The Balaban J connectivity index is 2.07. The zero-order chi connectivity index (χ0) is 15.2. The normalized spacial score (nSPS) is 11.1. The van der Waals surface area contributed by atoms with Crippen LogP contribution in [-0.2, 0) is 13.2 Å². The predicted molar refractivity (Wildman–Crippen MR) is 76.5 cm³/mol. The van der Waals surface area contributed by atoms with E-state index >= 15 is 0 Å². The van der Waals surface area contributed by atoms with Crippen molar-refractivity contribution in [2.75, 3.05) is 6.54 Å². The van der Waals surface area contributed by atoms with E-state index in [4.69, 9.17) is 9.26 Å². The highest BCUT2D eigenvalue weighted by Gasteiger charge is 2.13. The molecule has 0 unspecified atom stereocenters. The lowest BCUT2D eigenvalue weighted by molar-refractivity contribution is 0.231. The SMILES string of the molecule is CCNCc1cccc(F)c1OCc1nc(C(C)C)no1. The minimum Gasteiger partial charge on any atom is -0.480 e. The van der Waals surface area contributed by atoms with Crippen LogP contribution >= 0.6 is 0 Å². The minimum absolute atomic E-state index is 0.0553. The molecular weight excluding hydrogens is 273 g/mol. The lowest BCUT2D eigenvalue weighted by Gasteiger charge is -2.11. The van der Waals surface area contributed by atoms with E-state index < -0.39 is 5.82 Å². The zero-order valence-corrected chi connectivity index (χ0v) is 12.5. The Morgan fingerprint density at radius 1 is 1.38 bits per heavy atom. The molecule has 1 heterocycles. The highest BCUT2D eigenvalue weighted by Crippen LogP contribution is 2.23. The molecule has 0 fully saturated rings. The lowest BCUT2D eigenvalue weighted by Crippen LogP contribution is -2.13. The van der Waals surface area contributed by atoms with E-state index in [2.05, 4.69) is 15.5 Å². The molecule has 0 spiro atoms. The number of nitrogens with one attached hydrogen (secondary N) is 1. The van der Waals surface area contributed by atoms with Gasteiger partial charge in [0.1, 0.15) is 0 Å². The van der Waals surface area contributed by atoms with E-state index in [1.165, 1.54) is 6.07 Å². The molecule has 1 N–H and O–H groups in total. The Labute approximate surface area is 123 Å². The van der Waals surface area contributed by atoms with E-state index in [0.29, 0.717) is 18.3 Å². The smallest absolute Gasteiger partial charge is 0.264 e. The number of rotatable bonds is 7. The minimum atomic E-state index is -0.394. The van der Waals surface area contributed by atoms with Gasteiger partial charge in [0, 0.05) is 18.0 Å². The molecule has 0 aliphatic carbocycles. The topological polar surface area (TPSA) is 60.2 Å². The monoisotopic (exact) mass is 293 g/mol. The maximum absolute atomic E-state index is 13.9. The molecule has 0 aliphatic rings. The number of nitrogens with zero attached hydrogens (tertiary/aromatic N) is 2. The highest BCUT2D eigenvalue weighted by atomic mass is 19.1. The van der Waals surface area contributed by atoms with Crippen molar-refractivity contribution in [1.29, 1.82) is 0 Å². The quantitative estimate of drug-likeness (QED) is 0.850. The van der Waals surface area contributed by atoms with Gasteiger partial charge in [-0.3, -0.25) is 0 Å². The van der Waals surface area contributed by atoms with Gasteiger partial charge in [0.25, 0.3) is 5.89 Å². The first-order valence-corrected chi connectivity index (χ1v) is 7.05. The second-order valence-electron chi connectivity index (χ2n) is 5.00. The Morgan fingerprint density at radius 3 is 2.86 bits per heavy atom. The number of benzene rings is 1. The molecule has 6 heteroatoms. The van der Waals surface area contributed by atoms with Gasteiger partial charge in [0.05, 0.1) is 0 Å². The van der Waals surface area contributed by atoms with E-state index in [9.17, 15) is 4.39 Å². The number of aromatic nitrogens is 2. The van der Waals surface area contributed by atoms with Crippen LogP contribution in [-0.4, -0.2) is 16.7 Å². The largest absolute Gasteiger partial charge is 0.480 e.